The number of hydrogen-bond acceptors (Lipinski definition) is 10. The molecule has 0 spiro atoms. The Hall–Kier alpha value is -4.53. The quantitative estimate of drug-likeness (QED) is 0.416. The van der Waals surface area contributed by atoms with Crippen molar-refractivity contribution in [1.29, 1.82) is 5.26 Å². The molecule has 0 amide bonds. The molecule has 0 bridgehead atoms. The molecule has 4 aromatic rings. The van der Waals surface area contributed by atoms with Crippen molar-refractivity contribution < 1.29 is 9.47 Å². The number of anilines is 4. The van der Waals surface area contributed by atoms with Gasteiger partial charge in [-0.3, -0.25) is 0 Å². The van der Waals surface area contributed by atoms with Crippen molar-refractivity contribution in [3.63, 3.8) is 0 Å². The van der Waals surface area contributed by atoms with Gasteiger partial charge in [-0.05, 0) is 48.5 Å². The van der Waals surface area contributed by atoms with E-state index >= 15 is 0 Å². The average molecular weight is 510 g/mol. The van der Waals surface area contributed by atoms with E-state index < -0.39 is 0 Å². The van der Waals surface area contributed by atoms with Gasteiger partial charge in [-0.2, -0.15) is 10.2 Å². The lowest BCUT2D eigenvalue weighted by Crippen LogP contribution is -2.37. The van der Waals surface area contributed by atoms with Gasteiger partial charge >= 0.3 is 0 Å². The third kappa shape index (κ3) is 5.27. The molecule has 4 heterocycles. The molecule has 2 fully saturated rings. The first-order valence-corrected chi connectivity index (χ1v) is 12.6. The van der Waals surface area contributed by atoms with Crippen LogP contribution in [0.2, 0.25) is 0 Å². The van der Waals surface area contributed by atoms with E-state index in [1.165, 1.54) is 0 Å². The molecule has 0 unspecified atom stereocenters. The first-order valence-electron chi connectivity index (χ1n) is 12.6. The number of nitrogens with zero attached hydrogens (tertiary/aromatic N) is 8. The van der Waals surface area contributed by atoms with E-state index in [1.807, 2.05) is 42.5 Å². The van der Waals surface area contributed by atoms with Crippen LogP contribution in [0.4, 0.5) is 23.3 Å². The highest BCUT2D eigenvalue weighted by Crippen LogP contribution is 2.27. The second-order valence-electron chi connectivity index (χ2n) is 9.01. The molecule has 2 aliphatic heterocycles. The van der Waals surface area contributed by atoms with Crippen LogP contribution in [0, 0.1) is 11.3 Å². The van der Waals surface area contributed by atoms with Crippen LogP contribution in [0.25, 0.3) is 16.9 Å². The normalized spacial score (nSPS) is 15.8. The Kier molecular flexibility index (Phi) is 6.80. The zero-order valence-electron chi connectivity index (χ0n) is 20.8. The maximum atomic E-state index is 9.60. The summed E-state index contributed by atoms with van der Waals surface area (Å²) in [7, 11) is 0. The number of morpholine rings is 2. The summed E-state index contributed by atoms with van der Waals surface area (Å²) in [6.45, 7) is 5.92. The third-order valence-corrected chi connectivity index (χ3v) is 6.54. The molecule has 0 radical (unpaired) electrons. The first kappa shape index (κ1) is 23.8. The van der Waals surface area contributed by atoms with Crippen molar-refractivity contribution >= 4 is 23.3 Å². The van der Waals surface area contributed by atoms with Crippen molar-refractivity contribution in [3.05, 3.63) is 66.6 Å². The lowest BCUT2D eigenvalue weighted by molar-refractivity contribution is 0.122. The van der Waals surface area contributed by atoms with Gasteiger partial charge in [0.05, 0.1) is 49.4 Å². The maximum Gasteiger partial charge on any atom is 0.245 e. The lowest BCUT2D eigenvalue weighted by Gasteiger charge is -2.29. The third-order valence-electron chi connectivity index (χ3n) is 6.54. The number of nitriles is 1. The smallest absolute Gasteiger partial charge is 0.245 e. The van der Waals surface area contributed by atoms with Gasteiger partial charge in [0.2, 0.25) is 11.9 Å². The molecule has 0 saturated carbocycles. The van der Waals surface area contributed by atoms with Crippen molar-refractivity contribution in [1.82, 2.24) is 24.7 Å². The molecule has 192 valence electrons. The topological polar surface area (TPSA) is 117 Å². The van der Waals surface area contributed by atoms with Crippen LogP contribution in [0.15, 0.2) is 61.1 Å². The van der Waals surface area contributed by atoms with Crippen LogP contribution >= 0.6 is 0 Å². The summed E-state index contributed by atoms with van der Waals surface area (Å²) in [5, 5.41) is 17.5. The van der Waals surface area contributed by atoms with Crippen LogP contribution in [-0.2, 0) is 9.47 Å². The molecule has 2 aromatic heterocycles. The van der Waals surface area contributed by atoms with Gasteiger partial charge < -0.3 is 24.6 Å². The number of hydrogen-bond donors (Lipinski definition) is 1. The van der Waals surface area contributed by atoms with Gasteiger partial charge in [0.25, 0.3) is 0 Å². The highest BCUT2D eigenvalue weighted by atomic mass is 16.5. The van der Waals surface area contributed by atoms with Gasteiger partial charge in [0.1, 0.15) is 6.33 Å². The molecule has 11 nitrogen and oxygen atoms in total. The molecule has 2 aliphatic rings. The number of aromatic nitrogens is 5. The van der Waals surface area contributed by atoms with E-state index in [4.69, 9.17) is 14.5 Å². The Morgan fingerprint density at radius 3 is 2.29 bits per heavy atom. The maximum absolute atomic E-state index is 9.60. The molecular weight excluding hydrogens is 482 g/mol. The lowest BCUT2D eigenvalue weighted by atomic mass is 10.1. The summed E-state index contributed by atoms with van der Waals surface area (Å²) in [5.74, 6) is 1.18. The molecule has 38 heavy (non-hydrogen) atoms. The van der Waals surface area contributed by atoms with E-state index in [-0.39, 0.29) is 0 Å². The van der Waals surface area contributed by atoms with E-state index in [0.29, 0.717) is 43.9 Å². The Morgan fingerprint density at radius 2 is 1.55 bits per heavy atom. The predicted molar refractivity (Wildman–Crippen MR) is 143 cm³/mol. The Balaban J connectivity index is 1.18. The summed E-state index contributed by atoms with van der Waals surface area (Å²) in [6, 6.07) is 17.8. The van der Waals surface area contributed by atoms with Crippen molar-refractivity contribution in [2.75, 3.05) is 67.7 Å². The minimum atomic E-state index is 0.473. The van der Waals surface area contributed by atoms with Crippen LogP contribution in [-0.4, -0.2) is 77.3 Å². The zero-order chi connectivity index (χ0) is 25.7. The number of nitrogens with one attached hydrogen (secondary N) is 1. The molecule has 11 heteroatoms. The summed E-state index contributed by atoms with van der Waals surface area (Å²) in [6.07, 6.45) is 3.44. The molecule has 0 aliphatic carbocycles. The van der Waals surface area contributed by atoms with Gasteiger partial charge in [0.15, 0.2) is 0 Å². The van der Waals surface area contributed by atoms with Gasteiger partial charge in [-0.1, -0.05) is 0 Å². The second-order valence-corrected chi connectivity index (χ2v) is 9.01. The van der Waals surface area contributed by atoms with Crippen molar-refractivity contribution in [2.45, 2.75) is 0 Å². The summed E-state index contributed by atoms with van der Waals surface area (Å²) in [5.41, 5.74) is 4.95. The number of rotatable bonds is 6. The predicted octanol–water partition coefficient (Wildman–Crippen LogP) is 3.01. The van der Waals surface area contributed by atoms with Crippen LogP contribution in [0.3, 0.4) is 0 Å². The average Bonchev–Trinajstić information content (AvgIpc) is 3.49. The van der Waals surface area contributed by atoms with Gasteiger partial charge in [-0.25, -0.2) is 14.6 Å². The standard InChI is InChI=1S/C27H27N9O2/c28-18-20-15-21(17-24(16-20)34-7-11-37-12-8-34)25-5-6-29-26(32-25)31-22-1-3-23(4-2-22)36-19-30-27(33-36)35-9-13-38-14-10-35/h1-6,15-17,19H,7-14H2,(H,29,31,32). The summed E-state index contributed by atoms with van der Waals surface area (Å²) in [4.78, 5) is 17.9. The second kappa shape index (κ2) is 10.8. The molecule has 6 rings (SSSR count). The van der Waals surface area contributed by atoms with Gasteiger partial charge in [0, 0.05) is 49.3 Å². The van der Waals surface area contributed by atoms with E-state index in [0.717, 1.165) is 54.5 Å². The summed E-state index contributed by atoms with van der Waals surface area (Å²) < 4.78 is 12.6. The zero-order valence-corrected chi connectivity index (χ0v) is 20.8. The fourth-order valence-electron chi connectivity index (χ4n) is 4.52. The Bertz CT molecular complexity index is 1440. The highest BCUT2D eigenvalue weighted by Gasteiger charge is 2.16. The monoisotopic (exact) mass is 509 g/mol. The number of ether oxygens (including phenoxy) is 2. The molecule has 2 aromatic carbocycles. The molecule has 2 saturated heterocycles. The molecular formula is C27H27N9O2. The van der Waals surface area contributed by atoms with Gasteiger partial charge in [-0.15, -0.1) is 5.10 Å². The SMILES string of the molecule is N#Cc1cc(-c2ccnc(Nc3ccc(-n4cnc(N5CCOCC5)n4)cc3)n2)cc(N2CCOCC2)c1. The largest absolute Gasteiger partial charge is 0.378 e. The highest BCUT2D eigenvalue weighted by molar-refractivity contribution is 5.70. The van der Waals surface area contributed by atoms with E-state index in [1.54, 1.807) is 17.2 Å². The van der Waals surface area contributed by atoms with Crippen molar-refractivity contribution in [3.8, 4) is 23.0 Å². The van der Waals surface area contributed by atoms with Crippen LogP contribution in [0.1, 0.15) is 5.56 Å². The summed E-state index contributed by atoms with van der Waals surface area (Å²) >= 11 is 0. The fourth-order valence-corrected chi connectivity index (χ4v) is 4.52. The Morgan fingerprint density at radius 1 is 0.816 bits per heavy atom. The fraction of sp³-hybridized carbons (Fsp3) is 0.296. The molecule has 0 atom stereocenters. The van der Waals surface area contributed by atoms with E-state index in [2.05, 4.69) is 42.3 Å². The van der Waals surface area contributed by atoms with Crippen molar-refractivity contribution in [2.24, 2.45) is 0 Å². The minimum Gasteiger partial charge on any atom is -0.378 e. The molecule has 1 N–H and O–H groups in total. The van der Waals surface area contributed by atoms with Crippen LogP contribution in [0.5, 0.6) is 0 Å². The van der Waals surface area contributed by atoms with E-state index in [9.17, 15) is 5.26 Å². The van der Waals surface area contributed by atoms with Crippen LogP contribution < -0.4 is 15.1 Å². The number of benzene rings is 2. The first-order chi connectivity index (χ1) is 18.7. The Labute approximate surface area is 220 Å². The minimum absolute atomic E-state index is 0.473.